The zero-order valence-electron chi connectivity index (χ0n) is 20.9. The molecule has 0 spiro atoms. The summed E-state index contributed by atoms with van der Waals surface area (Å²) in [7, 11) is 1.39. The summed E-state index contributed by atoms with van der Waals surface area (Å²) >= 11 is 0. The first-order valence-electron chi connectivity index (χ1n) is 12.2. The Morgan fingerprint density at radius 1 is 0.838 bits per heavy atom. The van der Waals surface area contributed by atoms with Crippen molar-refractivity contribution in [2.45, 2.75) is 19.8 Å². The Balaban J connectivity index is 1.44. The molecule has 0 amide bonds. The third kappa shape index (κ3) is 5.64. The van der Waals surface area contributed by atoms with Gasteiger partial charge in [-0.1, -0.05) is 54.1 Å². The lowest BCUT2D eigenvalue weighted by Gasteiger charge is -2.12. The SMILES string of the molecule is COC(=O)CCCOc1cccc(Oc2ccc3nc(-c4ccccc4)n(-c4ccc(C)cc4)c3c2)c1. The topological polar surface area (TPSA) is 62.6 Å². The number of carbonyl (C=O) groups excluding carboxylic acids is 1. The van der Waals surface area contributed by atoms with Crippen LogP contribution in [0.1, 0.15) is 18.4 Å². The molecule has 4 aromatic carbocycles. The molecule has 0 radical (unpaired) electrons. The number of hydrogen-bond acceptors (Lipinski definition) is 5. The number of hydrogen-bond donors (Lipinski definition) is 0. The first-order chi connectivity index (χ1) is 18.1. The highest BCUT2D eigenvalue weighted by Gasteiger charge is 2.15. The van der Waals surface area contributed by atoms with E-state index in [1.54, 1.807) is 0 Å². The number of ether oxygens (including phenoxy) is 3. The first kappa shape index (κ1) is 24.1. The molecule has 186 valence electrons. The maximum Gasteiger partial charge on any atom is 0.305 e. The molecule has 0 unspecified atom stereocenters. The lowest BCUT2D eigenvalue weighted by molar-refractivity contribution is -0.140. The fourth-order valence-electron chi connectivity index (χ4n) is 4.13. The monoisotopic (exact) mass is 492 g/mol. The quantitative estimate of drug-likeness (QED) is 0.162. The van der Waals surface area contributed by atoms with E-state index in [1.807, 2.05) is 60.7 Å². The molecule has 0 saturated carbocycles. The molecule has 0 aliphatic rings. The van der Waals surface area contributed by atoms with E-state index in [-0.39, 0.29) is 5.97 Å². The van der Waals surface area contributed by atoms with E-state index in [4.69, 9.17) is 14.5 Å². The van der Waals surface area contributed by atoms with Crippen molar-refractivity contribution in [2.75, 3.05) is 13.7 Å². The van der Waals surface area contributed by atoms with Gasteiger partial charge in [-0.3, -0.25) is 9.36 Å². The van der Waals surface area contributed by atoms with Crippen LogP contribution in [0.4, 0.5) is 0 Å². The van der Waals surface area contributed by atoms with Crippen molar-refractivity contribution < 1.29 is 19.0 Å². The number of methoxy groups -OCH3 is 1. The molecule has 0 aliphatic carbocycles. The van der Waals surface area contributed by atoms with Gasteiger partial charge in [0.15, 0.2) is 0 Å². The van der Waals surface area contributed by atoms with Gasteiger partial charge in [-0.25, -0.2) is 4.98 Å². The molecule has 0 saturated heterocycles. The molecular weight excluding hydrogens is 464 g/mol. The van der Waals surface area contributed by atoms with Crippen molar-refractivity contribution in [1.82, 2.24) is 9.55 Å². The molecule has 0 N–H and O–H groups in total. The molecule has 0 fully saturated rings. The minimum absolute atomic E-state index is 0.239. The summed E-state index contributed by atoms with van der Waals surface area (Å²) in [6.07, 6.45) is 0.910. The highest BCUT2D eigenvalue weighted by Crippen LogP contribution is 2.33. The number of aromatic nitrogens is 2. The van der Waals surface area contributed by atoms with Crippen LogP contribution in [-0.4, -0.2) is 29.2 Å². The van der Waals surface area contributed by atoms with Crippen LogP contribution in [0.3, 0.4) is 0 Å². The van der Waals surface area contributed by atoms with Crippen LogP contribution < -0.4 is 9.47 Å². The summed E-state index contributed by atoms with van der Waals surface area (Å²) in [5.41, 5.74) is 5.11. The van der Waals surface area contributed by atoms with Gasteiger partial charge in [-0.2, -0.15) is 0 Å². The molecule has 6 nitrogen and oxygen atoms in total. The Hall–Kier alpha value is -4.58. The zero-order chi connectivity index (χ0) is 25.6. The third-order valence-electron chi connectivity index (χ3n) is 6.01. The maximum absolute atomic E-state index is 11.3. The fourth-order valence-corrected chi connectivity index (χ4v) is 4.13. The maximum atomic E-state index is 11.3. The Kier molecular flexibility index (Phi) is 7.17. The summed E-state index contributed by atoms with van der Waals surface area (Å²) < 4.78 is 18.8. The van der Waals surface area contributed by atoms with Gasteiger partial charge >= 0.3 is 5.97 Å². The first-order valence-corrected chi connectivity index (χ1v) is 12.2. The van der Waals surface area contributed by atoms with Crippen LogP contribution >= 0.6 is 0 Å². The molecule has 37 heavy (non-hydrogen) atoms. The Morgan fingerprint density at radius 2 is 1.59 bits per heavy atom. The lowest BCUT2D eigenvalue weighted by Crippen LogP contribution is -2.04. The number of fused-ring (bicyclic) bond motifs is 1. The van der Waals surface area contributed by atoms with Crippen LogP contribution in [0, 0.1) is 6.92 Å². The highest BCUT2D eigenvalue weighted by molar-refractivity contribution is 5.84. The fraction of sp³-hybridized carbons (Fsp3) is 0.161. The van der Waals surface area contributed by atoms with Gasteiger partial charge in [0.2, 0.25) is 0 Å². The third-order valence-corrected chi connectivity index (χ3v) is 6.01. The Morgan fingerprint density at radius 3 is 2.38 bits per heavy atom. The summed E-state index contributed by atoms with van der Waals surface area (Å²) in [6, 6.07) is 32.0. The van der Waals surface area contributed by atoms with Crippen molar-refractivity contribution in [3.05, 3.63) is 103 Å². The van der Waals surface area contributed by atoms with Crippen molar-refractivity contribution >= 4 is 17.0 Å². The molecule has 0 aliphatic heterocycles. The second-order valence-electron chi connectivity index (χ2n) is 8.73. The summed E-state index contributed by atoms with van der Waals surface area (Å²) in [4.78, 5) is 16.2. The summed E-state index contributed by atoms with van der Waals surface area (Å²) in [5, 5.41) is 0. The predicted octanol–water partition coefficient (Wildman–Crippen LogP) is 7.13. The van der Waals surface area contributed by atoms with Gasteiger partial charge < -0.3 is 14.2 Å². The summed E-state index contributed by atoms with van der Waals surface area (Å²) in [5.74, 6) is 2.67. The minimum Gasteiger partial charge on any atom is -0.493 e. The van der Waals surface area contributed by atoms with E-state index in [1.165, 1.54) is 12.7 Å². The van der Waals surface area contributed by atoms with Crippen molar-refractivity contribution in [1.29, 1.82) is 0 Å². The summed E-state index contributed by atoms with van der Waals surface area (Å²) in [6.45, 7) is 2.50. The molecule has 1 heterocycles. The average Bonchev–Trinajstić information content (AvgIpc) is 3.31. The highest BCUT2D eigenvalue weighted by atomic mass is 16.5. The Bertz CT molecular complexity index is 1510. The van der Waals surface area contributed by atoms with Crippen molar-refractivity contribution in [3.8, 4) is 34.3 Å². The van der Waals surface area contributed by atoms with Gasteiger partial charge in [-0.15, -0.1) is 0 Å². The van der Waals surface area contributed by atoms with Crippen LogP contribution in [0.15, 0.2) is 97.1 Å². The van der Waals surface area contributed by atoms with Crippen LogP contribution in [0.5, 0.6) is 17.2 Å². The average molecular weight is 493 g/mol. The van der Waals surface area contributed by atoms with E-state index in [9.17, 15) is 4.79 Å². The molecule has 5 aromatic rings. The number of rotatable bonds is 9. The molecule has 6 heteroatoms. The second kappa shape index (κ2) is 11.0. The second-order valence-corrected chi connectivity index (χ2v) is 8.73. The van der Waals surface area contributed by atoms with Crippen molar-refractivity contribution in [3.63, 3.8) is 0 Å². The van der Waals surface area contributed by atoms with Gasteiger partial charge in [0, 0.05) is 29.8 Å². The predicted molar refractivity (Wildman–Crippen MR) is 145 cm³/mol. The number of nitrogens with zero attached hydrogens (tertiary/aromatic N) is 2. The van der Waals surface area contributed by atoms with E-state index in [0.29, 0.717) is 36.7 Å². The number of benzene rings is 4. The van der Waals surface area contributed by atoms with E-state index in [0.717, 1.165) is 28.1 Å². The number of imidazole rings is 1. The molecule has 0 atom stereocenters. The largest absolute Gasteiger partial charge is 0.493 e. The minimum atomic E-state index is -0.239. The lowest BCUT2D eigenvalue weighted by atomic mass is 10.2. The molecule has 1 aromatic heterocycles. The molecular formula is C31H28N2O4. The van der Waals surface area contributed by atoms with Gasteiger partial charge in [0.1, 0.15) is 23.1 Å². The van der Waals surface area contributed by atoms with E-state index < -0.39 is 0 Å². The van der Waals surface area contributed by atoms with Crippen LogP contribution in [-0.2, 0) is 9.53 Å². The standard InChI is InChI=1S/C31H28N2O4/c1-22-13-15-24(16-14-22)33-29-21-27(17-18-28(29)32-31(33)23-8-4-3-5-9-23)37-26-11-6-10-25(20-26)36-19-7-12-30(34)35-2/h3-6,8-11,13-18,20-21H,7,12,19H2,1-2H3. The Labute approximate surface area is 216 Å². The van der Waals surface area contributed by atoms with Gasteiger partial charge in [-0.05, 0) is 49.7 Å². The number of carbonyl (C=O) groups is 1. The number of esters is 1. The van der Waals surface area contributed by atoms with Crippen molar-refractivity contribution in [2.24, 2.45) is 0 Å². The zero-order valence-corrected chi connectivity index (χ0v) is 20.9. The van der Waals surface area contributed by atoms with Crippen LogP contribution in [0.25, 0.3) is 28.1 Å². The number of aryl methyl sites for hydroxylation is 1. The molecule has 0 bridgehead atoms. The molecule has 5 rings (SSSR count). The van der Waals surface area contributed by atoms with Crippen LogP contribution in [0.2, 0.25) is 0 Å². The normalized spacial score (nSPS) is 10.9. The van der Waals surface area contributed by atoms with E-state index >= 15 is 0 Å². The van der Waals surface area contributed by atoms with Gasteiger partial charge in [0.25, 0.3) is 0 Å². The van der Waals surface area contributed by atoms with E-state index in [2.05, 4.69) is 52.6 Å². The smallest absolute Gasteiger partial charge is 0.305 e. The van der Waals surface area contributed by atoms with Gasteiger partial charge in [0.05, 0.1) is 24.8 Å².